The predicted molar refractivity (Wildman–Crippen MR) is 85.6 cm³/mol. The number of likely N-dealkylation sites (tertiary alicyclic amines) is 1. The summed E-state index contributed by atoms with van der Waals surface area (Å²) in [6.45, 7) is 7.69. The van der Waals surface area contributed by atoms with Crippen LogP contribution in [0.25, 0.3) is 0 Å². The zero-order valence-corrected chi connectivity index (χ0v) is 14.0. The molecule has 1 saturated heterocycles. The number of ether oxygens (including phenoxy) is 2. The number of hydrogen-bond donors (Lipinski definition) is 0. The summed E-state index contributed by atoms with van der Waals surface area (Å²) in [4.78, 5) is 14.1. The minimum absolute atomic E-state index is 0.231. The molecular weight excluding hydrogens is 302 g/mol. The molecule has 2 aliphatic heterocycles. The number of carbonyl (C=O) groups is 1. The summed E-state index contributed by atoms with van der Waals surface area (Å²) in [5, 5.41) is 0.647. The largest absolute Gasteiger partial charge is 0.492 e. The van der Waals surface area contributed by atoms with E-state index in [1.165, 1.54) is 0 Å². The SMILES string of the molecule is CC(C)(C)OC(=O)N1C[C@@H]2CCOc3c(Cl)cccc3[C@@H]2C1. The van der Waals surface area contributed by atoms with Gasteiger partial charge in [0.2, 0.25) is 0 Å². The van der Waals surface area contributed by atoms with Gasteiger partial charge in [-0.25, -0.2) is 4.79 Å². The maximum absolute atomic E-state index is 12.3. The van der Waals surface area contributed by atoms with Gasteiger partial charge in [-0.1, -0.05) is 23.7 Å². The first-order chi connectivity index (χ1) is 10.3. The van der Waals surface area contributed by atoms with Crippen LogP contribution in [0.1, 0.15) is 38.7 Å². The molecule has 4 nitrogen and oxygen atoms in total. The molecule has 0 aliphatic carbocycles. The average Bonchev–Trinajstić information content (AvgIpc) is 2.75. The topological polar surface area (TPSA) is 38.8 Å². The molecule has 0 spiro atoms. The molecule has 0 aromatic heterocycles. The first-order valence-corrected chi connectivity index (χ1v) is 8.12. The average molecular weight is 324 g/mol. The first kappa shape index (κ1) is 15.5. The number of benzene rings is 1. The third-order valence-electron chi connectivity index (χ3n) is 4.22. The molecule has 120 valence electrons. The molecule has 0 N–H and O–H groups in total. The highest BCUT2D eigenvalue weighted by atomic mass is 35.5. The molecule has 2 heterocycles. The van der Waals surface area contributed by atoms with Crippen molar-refractivity contribution in [3.63, 3.8) is 0 Å². The minimum atomic E-state index is -0.466. The van der Waals surface area contributed by atoms with E-state index in [1.807, 2.05) is 37.8 Å². The summed E-state index contributed by atoms with van der Waals surface area (Å²) in [5.74, 6) is 1.44. The third kappa shape index (κ3) is 3.02. The van der Waals surface area contributed by atoms with Crippen molar-refractivity contribution in [3.8, 4) is 5.75 Å². The molecular formula is C17H22ClNO3. The van der Waals surface area contributed by atoms with Crippen LogP contribution in [0.4, 0.5) is 4.79 Å². The van der Waals surface area contributed by atoms with Crippen LogP contribution in [0.5, 0.6) is 5.75 Å². The van der Waals surface area contributed by atoms with Crippen molar-refractivity contribution in [1.82, 2.24) is 4.90 Å². The van der Waals surface area contributed by atoms with E-state index in [0.29, 0.717) is 24.1 Å². The van der Waals surface area contributed by atoms with Crippen LogP contribution in [0.2, 0.25) is 5.02 Å². The van der Waals surface area contributed by atoms with Gasteiger partial charge in [0.15, 0.2) is 0 Å². The lowest BCUT2D eigenvalue weighted by molar-refractivity contribution is 0.0284. The number of halogens is 1. The van der Waals surface area contributed by atoms with Crippen molar-refractivity contribution in [3.05, 3.63) is 28.8 Å². The van der Waals surface area contributed by atoms with Crippen molar-refractivity contribution in [2.24, 2.45) is 5.92 Å². The van der Waals surface area contributed by atoms with Gasteiger partial charge in [0.25, 0.3) is 0 Å². The van der Waals surface area contributed by atoms with Gasteiger partial charge in [-0.15, -0.1) is 0 Å². The van der Waals surface area contributed by atoms with Gasteiger partial charge in [-0.3, -0.25) is 0 Å². The Morgan fingerprint density at radius 1 is 1.36 bits per heavy atom. The molecule has 5 heteroatoms. The second-order valence-corrected chi connectivity index (χ2v) is 7.45. The highest BCUT2D eigenvalue weighted by molar-refractivity contribution is 6.32. The number of para-hydroxylation sites is 1. The van der Waals surface area contributed by atoms with Crippen molar-refractivity contribution in [1.29, 1.82) is 0 Å². The lowest BCUT2D eigenvalue weighted by Gasteiger charge is -2.24. The Labute approximate surface area is 136 Å². The number of hydrogen-bond acceptors (Lipinski definition) is 3. The molecule has 0 bridgehead atoms. The van der Waals surface area contributed by atoms with E-state index in [9.17, 15) is 4.79 Å². The van der Waals surface area contributed by atoms with Crippen LogP contribution >= 0.6 is 11.6 Å². The van der Waals surface area contributed by atoms with E-state index in [0.717, 1.165) is 24.3 Å². The van der Waals surface area contributed by atoms with E-state index in [-0.39, 0.29) is 12.0 Å². The number of fused-ring (bicyclic) bond motifs is 3. The maximum atomic E-state index is 12.3. The zero-order valence-electron chi connectivity index (χ0n) is 13.3. The monoisotopic (exact) mass is 323 g/mol. The van der Waals surface area contributed by atoms with Crippen LogP contribution in [0.3, 0.4) is 0 Å². The predicted octanol–water partition coefficient (Wildman–Crippen LogP) is 4.07. The van der Waals surface area contributed by atoms with E-state index in [4.69, 9.17) is 21.1 Å². The number of nitrogens with zero attached hydrogens (tertiary/aromatic N) is 1. The molecule has 2 atom stereocenters. The Bertz CT molecular complexity index is 582. The second kappa shape index (κ2) is 5.65. The summed E-state index contributed by atoms with van der Waals surface area (Å²) in [6, 6.07) is 5.85. The van der Waals surface area contributed by atoms with Gasteiger partial charge in [-0.05, 0) is 39.2 Å². The van der Waals surface area contributed by atoms with E-state index >= 15 is 0 Å². The third-order valence-corrected chi connectivity index (χ3v) is 4.52. The van der Waals surface area contributed by atoms with Crippen molar-refractivity contribution in [2.45, 2.75) is 38.7 Å². The highest BCUT2D eigenvalue weighted by Gasteiger charge is 2.40. The first-order valence-electron chi connectivity index (χ1n) is 7.74. The summed E-state index contributed by atoms with van der Waals surface area (Å²) in [6.07, 6.45) is 0.694. The van der Waals surface area contributed by atoms with Crippen molar-refractivity contribution >= 4 is 17.7 Å². The van der Waals surface area contributed by atoms with Crippen LogP contribution in [0.15, 0.2) is 18.2 Å². The van der Waals surface area contributed by atoms with E-state index in [1.54, 1.807) is 0 Å². The molecule has 1 aromatic rings. The van der Waals surface area contributed by atoms with Gasteiger partial charge < -0.3 is 14.4 Å². The molecule has 1 amide bonds. The van der Waals surface area contributed by atoms with Gasteiger partial charge in [0.1, 0.15) is 11.4 Å². The fraction of sp³-hybridized carbons (Fsp3) is 0.588. The van der Waals surface area contributed by atoms with Crippen LogP contribution in [0, 0.1) is 5.92 Å². The summed E-state index contributed by atoms with van der Waals surface area (Å²) in [7, 11) is 0. The van der Waals surface area contributed by atoms with Gasteiger partial charge in [0, 0.05) is 24.6 Å². The quantitative estimate of drug-likeness (QED) is 0.722. The number of rotatable bonds is 0. The van der Waals surface area contributed by atoms with Crippen LogP contribution in [-0.2, 0) is 4.74 Å². The fourth-order valence-electron chi connectivity index (χ4n) is 3.27. The smallest absolute Gasteiger partial charge is 0.410 e. The molecule has 22 heavy (non-hydrogen) atoms. The minimum Gasteiger partial charge on any atom is -0.492 e. The van der Waals surface area contributed by atoms with Crippen molar-refractivity contribution < 1.29 is 14.3 Å². The molecule has 0 radical (unpaired) electrons. The standard InChI is InChI=1S/C17H22ClNO3/c1-17(2,3)22-16(20)19-9-11-7-8-21-15-12(13(11)10-19)5-4-6-14(15)18/h4-6,11,13H,7-10H2,1-3H3/t11-,13+/m0/s1. The Morgan fingerprint density at radius 2 is 2.14 bits per heavy atom. The van der Waals surface area contributed by atoms with E-state index in [2.05, 4.69) is 6.07 Å². The van der Waals surface area contributed by atoms with Crippen LogP contribution < -0.4 is 4.74 Å². The summed E-state index contributed by atoms with van der Waals surface area (Å²) in [5.41, 5.74) is 0.646. The van der Waals surface area contributed by atoms with Crippen molar-refractivity contribution in [2.75, 3.05) is 19.7 Å². The zero-order chi connectivity index (χ0) is 15.9. The molecule has 1 aromatic carbocycles. The second-order valence-electron chi connectivity index (χ2n) is 7.05. The molecule has 1 fully saturated rings. The number of carbonyl (C=O) groups excluding carboxylic acids is 1. The van der Waals surface area contributed by atoms with E-state index < -0.39 is 5.60 Å². The molecule has 2 aliphatic rings. The Balaban J connectivity index is 1.82. The van der Waals surface area contributed by atoms with Crippen LogP contribution in [-0.4, -0.2) is 36.3 Å². The molecule has 0 saturated carbocycles. The number of amides is 1. The fourth-order valence-corrected chi connectivity index (χ4v) is 3.51. The lowest BCUT2D eigenvalue weighted by Crippen LogP contribution is -2.35. The lowest BCUT2D eigenvalue weighted by atomic mass is 9.87. The summed E-state index contributed by atoms with van der Waals surface area (Å²) < 4.78 is 11.3. The Morgan fingerprint density at radius 3 is 2.86 bits per heavy atom. The molecule has 0 unspecified atom stereocenters. The summed E-state index contributed by atoms with van der Waals surface area (Å²) >= 11 is 6.26. The maximum Gasteiger partial charge on any atom is 0.410 e. The highest BCUT2D eigenvalue weighted by Crippen LogP contribution is 2.44. The van der Waals surface area contributed by atoms with Gasteiger partial charge in [0.05, 0.1) is 11.6 Å². The Kier molecular flexibility index (Phi) is 3.98. The normalized spacial score (nSPS) is 24.1. The Hall–Kier alpha value is -1.42. The molecule has 3 rings (SSSR count). The van der Waals surface area contributed by atoms with Gasteiger partial charge >= 0.3 is 6.09 Å². The van der Waals surface area contributed by atoms with Gasteiger partial charge in [-0.2, -0.15) is 0 Å².